The number of sulfone groups is 1. The highest BCUT2D eigenvalue weighted by Crippen LogP contribution is 2.27. The molecule has 1 aromatic carbocycles. The van der Waals surface area contributed by atoms with E-state index < -0.39 is 14.6 Å². The smallest absolute Gasteiger partial charge is 0.261 e. The number of amides is 3. The summed E-state index contributed by atoms with van der Waals surface area (Å²) in [5, 5.41) is 0. The molecule has 0 N–H and O–H groups in total. The fourth-order valence-electron chi connectivity index (χ4n) is 4.08. The van der Waals surface area contributed by atoms with Gasteiger partial charge >= 0.3 is 0 Å². The van der Waals surface area contributed by atoms with Crippen LogP contribution in [0, 0.1) is 5.92 Å². The highest BCUT2D eigenvalue weighted by Gasteiger charge is 2.37. The zero-order valence-electron chi connectivity index (χ0n) is 19.0. The average Bonchev–Trinajstić information content (AvgIpc) is 2.91. The number of nitrogens with zero attached hydrogens (tertiary/aromatic N) is 2. The number of piperidine rings is 1. The predicted molar refractivity (Wildman–Crippen MR) is 119 cm³/mol. The number of fused-ring (bicyclic) bond motifs is 1. The predicted octanol–water partition coefficient (Wildman–Crippen LogP) is 2.69. The van der Waals surface area contributed by atoms with Crippen molar-refractivity contribution in [3.8, 4) is 0 Å². The van der Waals surface area contributed by atoms with Gasteiger partial charge in [0.1, 0.15) is 0 Å². The topological polar surface area (TPSA) is 91.8 Å². The largest absolute Gasteiger partial charge is 0.342 e. The Hall–Kier alpha value is -2.22. The number of benzene rings is 1. The lowest BCUT2D eigenvalue weighted by atomic mass is 9.98. The molecule has 8 heteroatoms. The third-order valence-corrected chi connectivity index (χ3v) is 8.99. The molecule has 1 fully saturated rings. The van der Waals surface area contributed by atoms with Crippen molar-refractivity contribution in [1.29, 1.82) is 0 Å². The molecule has 3 amide bonds. The second-order valence-corrected chi connectivity index (χ2v) is 12.6. The minimum atomic E-state index is -3.18. The Kier molecular flexibility index (Phi) is 6.33. The molecule has 0 spiro atoms. The Morgan fingerprint density at radius 2 is 1.65 bits per heavy atom. The van der Waals surface area contributed by atoms with Gasteiger partial charge in [0.15, 0.2) is 9.84 Å². The number of likely N-dealkylation sites (tertiary alicyclic amines) is 1. The van der Waals surface area contributed by atoms with Gasteiger partial charge in [-0.2, -0.15) is 0 Å². The molecular weight excluding hydrogens is 416 g/mol. The fraction of sp³-hybridized carbons (Fsp3) is 0.609. The van der Waals surface area contributed by atoms with E-state index in [4.69, 9.17) is 0 Å². The molecule has 2 aliphatic rings. The number of hydrogen-bond donors (Lipinski definition) is 0. The van der Waals surface area contributed by atoms with Gasteiger partial charge in [0.2, 0.25) is 5.91 Å². The summed E-state index contributed by atoms with van der Waals surface area (Å²) in [5.41, 5.74) is 1.44. The molecule has 0 unspecified atom stereocenters. The first kappa shape index (κ1) is 23.4. The fourth-order valence-corrected chi connectivity index (χ4v) is 5.54. The van der Waals surface area contributed by atoms with E-state index >= 15 is 0 Å². The van der Waals surface area contributed by atoms with Crippen LogP contribution in [0.25, 0.3) is 0 Å². The first-order valence-electron chi connectivity index (χ1n) is 10.8. The van der Waals surface area contributed by atoms with Crippen LogP contribution in [0.2, 0.25) is 0 Å². The molecular formula is C23H32N2O5S. The first-order chi connectivity index (χ1) is 14.3. The zero-order valence-corrected chi connectivity index (χ0v) is 19.8. The maximum absolute atomic E-state index is 12.8. The Balaban J connectivity index is 1.61. The lowest BCUT2D eigenvalue weighted by Crippen LogP contribution is -2.42. The van der Waals surface area contributed by atoms with Gasteiger partial charge in [-0.25, -0.2) is 8.42 Å². The van der Waals surface area contributed by atoms with E-state index in [1.807, 2.05) is 0 Å². The van der Waals surface area contributed by atoms with Crippen LogP contribution in [0.4, 0.5) is 0 Å². The zero-order chi connectivity index (χ0) is 23.1. The Bertz CT molecular complexity index is 999. The minimum absolute atomic E-state index is 0.0467. The van der Waals surface area contributed by atoms with Crippen molar-refractivity contribution in [2.45, 2.75) is 64.7 Å². The van der Waals surface area contributed by atoms with E-state index in [1.54, 1.807) is 57.7 Å². The van der Waals surface area contributed by atoms with Crippen molar-refractivity contribution in [3.63, 3.8) is 0 Å². The van der Waals surface area contributed by atoms with Crippen LogP contribution in [0.3, 0.4) is 0 Å². The van der Waals surface area contributed by atoms with E-state index in [1.165, 1.54) is 4.90 Å². The van der Waals surface area contributed by atoms with Crippen LogP contribution in [0.15, 0.2) is 18.2 Å². The van der Waals surface area contributed by atoms with Gasteiger partial charge in [-0.1, -0.05) is 6.07 Å². The van der Waals surface area contributed by atoms with Crippen LogP contribution in [-0.4, -0.2) is 65.6 Å². The van der Waals surface area contributed by atoms with Gasteiger partial charge in [0.25, 0.3) is 11.8 Å². The maximum Gasteiger partial charge on any atom is 0.261 e. The quantitative estimate of drug-likeness (QED) is 0.646. The maximum atomic E-state index is 12.8. The van der Waals surface area contributed by atoms with Crippen molar-refractivity contribution in [1.82, 2.24) is 9.80 Å². The van der Waals surface area contributed by atoms with Crippen LogP contribution in [0.1, 0.15) is 73.7 Å². The molecule has 3 rings (SSSR count). The number of carbonyl (C=O) groups is 3. The molecule has 1 saturated heterocycles. The molecule has 7 nitrogen and oxygen atoms in total. The molecule has 2 aliphatic heterocycles. The van der Waals surface area contributed by atoms with Crippen LogP contribution in [0.5, 0.6) is 0 Å². The third-order valence-electron chi connectivity index (χ3n) is 6.21. The van der Waals surface area contributed by atoms with Gasteiger partial charge in [0, 0.05) is 19.1 Å². The van der Waals surface area contributed by atoms with E-state index in [2.05, 4.69) is 0 Å². The van der Waals surface area contributed by atoms with E-state index in [-0.39, 0.29) is 41.9 Å². The number of rotatable bonds is 5. The summed E-state index contributed by atoms with van der Waals surface area (Å²) in [6.45, 7) is 9.81. The van der Waals surface area contributed by atoms with Crippen LogP contribution >= 0.6 is 0 Å². The highest BCUT2D eigenvalue weighted by atomic mass is 32.2. The number of hydrogen-bond acceptors (Lipinski definition) is 5. The molecule has 170 valence electrons. The third kappa shape index (κ3) is 4.68. The molecule has 1 aromatic rings. The van der Waals surface area contributed by atoms with Crippen LogP contribution in [-0.2, 0) is 21.1 Å². The van der Waals surface area contributed by atoms with E-state index in [9.17, 15) is 22.8 Å². The van der Waals surface area contributed by atoms with Crippen molar-refractivity contribution < 1.29 is 22.8 Å². The van der Waals surface area contributed by atoms with Gasteiger partial charge in [0.05, 0.1) is 28.0 Å². The van der Waals surface area contributed by atoms with Crippen molar-refractivity contribution >= 4 is 27.6 Å². The van der Waals surface area contributed by atoms with Gasteiger partial charge < -0.3 is 4.90 Å². The standard InChI is InChI=1S/C23H32N2O5S/c1-15(2)25-21(27)18-7-6-17(12-19(18)22(25)28)13-20(26)24-10-8-16(9-11-24)14-31(29,30)23(3,4)5/h6-7,12,15-16H,8-11,13-14H2,1-5H3. The van der Waals surface area contributed by atoms with Crippen molar-refractivity contribution in [2.24, 2.45) is 5.92 Å². The summed E-state index contributed by atoms with van der Waals surface area (Å²) in [7, 11) is -3.18. The van der Waals surface area contributed by atoms with E-state index in [0.29, 0.717) is 42.6 Å². The summed E-state index contributed by atoms with van der Waals surface area (Å²) in [5.74, 6) is -0.426. The van der Waals surface area contributed by atoms with Crippen molar-refractivity contribution in [3.05, 3.63) is 34.9 Å². The summed E-state index contributed by atoms with van der Waals surface area (Å²) < 4.78 is 24.1. The van der Waals surface area contributed by atoms with Crippen LogP contribution < -0.4 is 0 Å². The second kappa shape index (κ2) is 8.37. The Morgan fingerprint density at radius 3 is 2.19 bits per heavy atom. The Morgan fingerprint density at radius 1 is 1.06 bits per heavy atom. The second-order valence-electron chi connectivity index (χ2n) is 9.85. The van der Waals surface area contributed by atoms with Gasteiger partial charge in [-0.3, -0.25) is 19.3 Å². The first-order valence-corrected chi connectivity index (χ1v) is 12.5. The van der Waals surface area contributed by atoms with Crippen molar-refractivity contribution in [2.75, 3.05) is 18.8 Å². The molecule has 0 saturated carbocycles. The monoisotopic (exact) mass is 448 g/mol. The Labute approximate surface area is 184 Å². The molecule has 2 heterocycles. The normalized spacial score (nSPS) is 18.1. The number of carbonyl (C=O) groups excluding carboxylic acids is 3. The minimum Gasteiger partial charge on any atom is -0.342 e. The molecule has 0 aromatic heterocycles. The summed E-state index contributed by atoms with van der Waals surface area (Å²) >= 11 is 0. The average molecular weight is 449 g/mol. The summed E-state index contributed by atoms with van der Waals surface area (Å²) in [4.78, 5) is 40.8. The molecule has 0 aliphatic carbocycles. The molecule has 0 atom stereocenters. The highest BCUT2D eigenvalue weighted by molar-refractivity contribution is 7.92. The summed E-state index contributed by atoms with van der Waals surface area (Å²) in [6, 6.07) is 4.79. The van der Waals surface area contributed by atoms with E-state index in [0.717, 1.165) is 0 Å². The molecule has 0 bridgehead atoms. The SMILES string of the molecule is CC(C)N1C(=O)c2ccc(CC(=O)N3CCC(CS(=O)(=O)C(C)(C)C)CC3)cc2C1=O. The number of imide groups is 1. The molecule has 31 heavy (non-hydrogen) atoms. The van der Waals surface area contributed by atoms with Gasteiger partial charge in [-0.05, 0) is 71.1 Å². The molecule has 0 radical (unpaired) electrons. The van der Waals surface area contributed by atoms with Gasteiger partial charge in [-0.15, -0.1) is 0 Å². The lowest BCUT2D eigenvalue weighted by molar-refractivity contribution is -0.131. The summed E-state index contributed by atoms with van der Waals surface area (Å²) in [6.07, 6.45) is 1.49. The lowest BCUT2D eigenvalue weighted by Gasteiger charge is -2.33.